The van der Waals surface area contributed by atoms with E-state index in [1.165, 1.54) is 37.0 Å². The molecule has 0 spiro atoms. The number of anilines is 1. The lowest BCUT2D eigenvalue weighted by atomic mass is 9.96. The second-order valence-electron chi connectivity index (χ2n) is 9.06. The van der Waals surface area contributed by atoms with Crippen molar-refractivity contribution in [1.29, 1.82) is 0 Å². The van der Waals surface area contributed by atoms with Crippen LogP contribution in [-0.2, 0) is 4.79 Å². The number of carbonyl (C=O) groups is 1. The molecule has 0 radical (unpaired) electrons. The topological polar surface area (TPSA) is 78.1 Å². The first kappa shape index (κ1) is 21.2. The number of benzene rings is 1. The molecule has 5 rings (SSSR count). The number of fused-ring (bicyclic) bond motifs is 1. The van der Waals surface area contributed by atoms with Crippen LogP contribution in [0, 0.1) is 5.92 Å². The fourth-order valence-corrected chi connectivity index (χ4v) is 5.92. The maximum atomic E-state index is 13.0. The molecule has 3 heterocycles. The lowest BCUT2D eigenvalue weighted by Gasteiger charge is -2.33. The van der Waals surface area contributed by atoms with Crippen molar-refractivity contribution in [2.24, 2.45) is 5.92 Å². The van der Waals surface area contributed by atoms with Crippen molar-refractivity contribution in [3.8, 4) is 11.1 Å². The van der Waals surface area contributed by atoms with E-state index >= 15 is 0 Å². The molecule has 0 bridgehead atoms. The Labute approximate surface area is 192 Å². The van der Waals surface area contributed by atoms with Gasteiger partial charge in [-0.05, 0) is 31.2 Å². The number of H-pyrrole nitrogens is 1. The summed E-state index contributed by atoms with van der Waals surface area (Å²) >= 11 is 1.43. The van der Waals surface area contributed by atoms with Gasteiger partial charge < -0.3 is 10.2 Å². The summed E-state index contributed by atoms with van der Waals surface area (Å²) in [6.07, 6.45) is 8.95. The Bertz CT molecular complexity index is 1130. The number of rotatable bonds is 4. The molecule has 1 amide bonds. The number of carbonyl (C=O) groups excluding carboxylic acids is 1. The molecule has 2 aliphatic rings. The summed E-state index contributed by atoms with van der Waals surface area (Å²) in [5, 5.41) is 5.32. The van der Waals surface area contributed by atoms with Crippen LogP contribution in [-0.4, -0.2) is 35.0 Å². The van der Waals surface area contributed by atoms with E-state index in [9.17, 15) is 9.59 Å². The SMILES string of the molecule is O=C(NC1CCCCCC1)[C@H]1CCCN(c2nc3c(-c4ccccc4)csc3c(=O)[nH]2)C1. The second kappa shape index (κ2) is 9.45. The lowest BCUT2D eigenvalue weighted by molar-refractivity contribution is -0.126. The molecule has 3 aromatic rings. The minimum Gasteiger partial charge on any atom is -0.353 e. The van der Waals surface area contributed by atoms with Crippen LogP contribution < -0.4 is 15.8 Å². The maximum absolute atomic E-state index is 13.0. The average molecular weight is 451 g/mol. The molecule has 2 N–H and O–H groups in total. The van der Waals surface area contributed by atoms with Crippen molar-refractivity contribution in [3.05, 3.63) is 46.1 Å². The quantitative estimate of drug-likeness (QED) is 0.565. The minimum absolute atomic E-state index is 0.0657. The number of aromatic nitrogens is 2. The van der Waals surface area contributed by atoms with Gasteiger partial charge in [-0.3, -0.25) is 14.6 Å². The number of piperidine rings is 1. The summed E-state index contributed by atoms with van der Waals surface area (Å²) in [5.74, 6) is 0.666. The highest BCUT2D eigenvalue weighted by atomic mass is 32.1. The van der Waals surface area contributed by atoms with E-state index in [-0.39, 0.29) is 17.4 Å². The van der Waals surface area contributed by atoms with E-state index in [2.05, 4.69) is 15.2 Å². The third kappa shape index (κ3) is 4.44. The number of nitrogens with zero attached hydrogens (tertiary/aromatic N) is 2. The predicted molar refractivity (Wildman–Crippen MR) is 130 cm³/mol. The van der Waals surface area contributed by atoms with Crippen molar-refractivity contribution in [3.63, 3.8) is 0 Å². The zero-order valence-corrected chi connectivity index (χ0v) is 19.1. The van der Waals surface area contributed by atoms with Gasteiger partial charge in [0.2, 0.25) is 11.9 Å². The van der Waals surface area contributed by atoms with E-state index in [1.807, 2.05) is 35.7 Å². The summed E-state index contributed by atoms with van der Waals surface area (Å²) in [6, 6.07) is 10.4. The zero-order chi connectivity index (χ0) is 21.9. The second-order valence-corrected chi connectivity index (χ2v) is 9.94. The van der Waals surface area contributed by atoms with Crippen LogP contribution in [0.1, 0.15) is 51.4 Å². The minimum atomic E-state index is -0.109. The van der Waals surface area contributed by atoms with Gasteiger partial charge in [-0.15, -0.1) is 11.3 Å². The van der Waals surface area contributed by atoms with Gasteiger partial charge in [0.25, 0.3) is 5.56 Å². The van der Waals surface area contributed by atoms with Gasteiger partial charge in [0.05, 0.1) is 11.4 Å². The van der Waals surface area contributed by atoms with Gasteiger partial charge in [0.1, 0.15) is 4.70 Å². The third-order valence-corrected chi connectivity index (χ3v) is 7.76. The molecule has 1 aliphatic heterocycles. The average Bonchev–Trinajstić information content (AvgIpc) is 3.10. The number of thiophene rings is 1. The molecule has 2 fully saturated rings. The third-order valence-electron chi connectivity index (χ3n) is 6.79. The Morgan fingerprint density at radius 2 is 1.84 bits per heavy atom. The van der Waals surface area contributed by atoms with Crippen LogP contribution in [0.2, 0.25) is 0 Å². The molecule has 6 nitrogen and oxygen atoms in total. The molecule has 1 atom stereocenters. The number of hydrogen-bond donors (Lipinski definition) is 2. The van der Waals surface area contributed by atoms with Crippen molar-refractivity contribution in [1.82, 2.24) is 15.3 Å². The van der Waals surface area contributed by atoms with E-state index in [4.69, 9.17) is 4.98 Å². The highest BCUT2D eigenvalue weighted by molar-refractivity contribution is 7.17. The number of hydrogen-bond acceptors (Lipinski definition) is 5. The summed E-state index contributed by atoms with van der Waals surface area (Å²) in [7, 11) is 0. The lowest BCUT2D eigenvalue weighted by Crippen LogP contribution is -2.46. The Hall–Kier alpha value is -2.67. The highest BCUT2D eigenvalue weighted by Crippen LogP contribution is 2.32. The Morgan fingerprint density at radius 3 is 2.62 bits per heavy atom. The Morgan fingerprint density at radius 1 is 1.06 bits per heavy atom. The van der Waals surface area contributed by atoms with E-state index in [1.54, 1.807) is 0 Å². The molecular formula is C25H30N4O2S. The number of amides is 1. The first-order chi connectivity index (χ1) is 15.7. The van der Waals surface area contributed by atoms with E-state index in [0.717, 1.165) is 48.9 Å². The molecule has 0 unspecified atom stereocenters. The van der Waals surface area contributed by atoms with Crippen LogP contribution in [0.15, 0.2) is 40.5 Å². The molecule has 1 saturated heterocycles. The number of aromatic amines is 1. The van der Waals surface area contributed by atoms with Gasteiger partial charge >= 0.3 is 0 Å². The largest absolute Gasteiger partial charge is 0.353 e. The van der Waals surface area contributed by atoms with Crippen molar-refractivity contribution >= 4 is 33.4 Å². The molecule has 168 valence electrons. The smallest absolute Gasteiger partial charge is 0.270 e. The summed E-state index contributed by atoms with van der Waals surface area (Å²) in [5.41, 5.74) is 2.67. The predicted octanol–water partition coefficient (Wildman–Crippen LogP) is 4.71. The van der Waals surface area contributed by atoms with E-state index < -0.39 is 0 Å². The fraction of sp³-hybridized carbons (Fsp3) is 0.480. The van der Waals surface area contributed by atoms with Crippen LogP contribution in [0.5, 0.6) is 0 Å². The normalized spacial score (nSPS) is 20.2. The Balaban J connectivity index is 1.36. The number of nitrogens with one attached hydrogen (secondary N) is 2. The summed E-state index contributed by atoms with van der Waals surface area (Å²) in [6.45, 7) is 1.39. The maximum Gasteiger partial charge on any atom is 0.270 e. The van der Waals surface area contributed by atoms with Crippen molar-refractivity contribution in [2.45, 2.75) is 57.4 Å². The van der Waals surface area contributed by atoms with Crippen molar-refractivity contribution < 1.29 is 4.79 Å². The summed E-state index contributed by atoms with van der Waals surface area (Å²) in [4.78, 5) is 35.7. The standard InChI is InChI=1S/C25H30N4O2S/c30-23(26-19-12-6-1-2-7-13-19)18-11-8-14-29(15-18)25-27-21-20(17-9-4-3-5-10-17)16-32-22(21)24(31)28-25/h3-5,9-10,16,18-19H,1-2,6-8,11-15H2,(H,26,30)(H,27,28,31)/t18-/m0/s1. The molecule has 32 heavy (non-hydrogen) atoms. The first-order valence-corrected chi connectivity index (χ1v) is 12.7. The first-order valence-electron chi connectivity index (χ1n) is 11.8. The van der Waals surface area contributed by atoms with Gasteiger partial charge in [-0.1, -0.05) is 56.0 Å². The van der Waals surface area contributed by atoms with Crippen LogP contribution in [0.3, 0.4) is 0 Å². The zero-order valence-electron chi connectivity index (χ0n) is 18.3. The Kier molecular flexibility index (Phi) is 6.26. The summed E-state index contributed by atoms with van der Waals surface area (Å²) < 4.78 is 0.646. The van der Waals surface area contributed by atoms with Crippen LogP contribution in [0.25, 0.3) is 21.3 Å². The molecule has 2 aromatic heterocycles. The monoisotopic (exact) mass is 450 g/mol. The van der Waals surface area contributed by atoms with Crippen molar-refractivity contribution in [2.75, 3.05) is 18.0 Å². The molecule has 1 saturated carbocycles. The van der Waals surface area contributed by atoms with Gasteiger partial charge in [-0.25, -0.2) is 4.98 Å². The van der Waals surface area contributed by atoms with Gasteiger partial charge in [0, 0.05) is 30.1 Å². The molecular weight excluding hydrogens is 420 g/mol. The van der Waals surface area contributed by atoms with Gasteiger partial charge in [0.15, 0.2) is 0 Å². The van der Waals surface area contributed by atoms with Gasteiger partial charge in [-0.2, -0.15) is 0 Å². The molecule has 1 aromatic carbocycles. The molecule has 1 aliphatic carbocycles. The van der Waals surface area contributed by atoms with Crippen LogP contribution in [0.4, 0.5) is 5.95 Å². The molecule has 7 heteroatoms. The van der Waals surface area contributed by atoms with Crippen LogP contribution >= 0.6 is 11.3 Å². The fourth-order valence-electron chi connectivity index (χ4n) is 5.01. The van der Waals surface area contributed by atoms with E-state index in [0.29, 0.717) is 23.2 Å². The highest BCUT2D eigenvalue weighted by Gasteiger charge is 2.29.